The van der Waals surface area contributed by atoms with E-state index in [0.717, 1.165) is 0 Å². The maximum absolute atomic E-state index is 11.7. The van der Waals surface area contributed by atoms with Crippen LogP contribution in [0.4, 0.5) is 8.78 Å². The molecule has 1 amide bonds. The lowest BCUT2D eigenvalue weighted by Crippen LogP contribution is -2.52. The average molecular weight is 252 g/mol. The number of carbonyl (C=O) groups excluding carboxylic acids is 1. The first-order chi connectivity index (χ1) is 7.92. The molecule has 3 N–H and O–H groups in total. The first-order valence-corrected chi connectivity index (χ1v) is 5.83. The molecule has 6 heteroatoms. The highest BCUT2D eigenvalue weighted by Crippen LogP contribution is 2.13. The fourth-order valence-corrected chi connectivity index (χ4v) is 1.54. The fraction of sp³-hybridized carbons (Fsp3) is 0.909. The van der Waals surface area contributed by atoms with Gasteiger partial charge in [-0.05, 0) is 32.7 Å². The number of unbranched alkanes of at least 4 members (excludes halogenated alkanes) is 1. The van der Waals surface area contributed by atoms with Gasteiger partial charge in [0, 0.05) is 6.61 Å². The number of likely N-dealkylation sites (N-methyl/N-ethyl adjacent to an activating group) is 1. The van der Waals surface area contributed by atoms with Crippen molar-refractivity contribution < 1.29 is 18.3 Å². The Morgan fingerprint density at radius 1 is 1.47 bits per heavy atom. The minimum absolute atomic E-state index is 0.283. The molecule has 0 aromatic heterocycles. The summed E-state index contributed by atoms with van der Waals surface area (Å²) in [4.78, 5) is 11.2. The number of hydrogen-bond donors (Lipinski definition) is 2. The molecule has 0 saturated carbocycles. The van der Waals surface area contributed by atoms with E-state index < -0.39 is 24.5 Å². The second-order valence-electron chi connectivity index (χ2n) is 4.15. The van der Waals surface area contributed by atoms with Crippen molar-refractivity contribution in [1.82, 2.24) is 5.32 Å². The Balaban J connectivity index is 3.73. The zero-order chi connectivity index (χ0) is 13.3. The van der Waals surface area contributed by atoms with Gasteiger partial charge in [-0.2, -0.15) is 0 Å². The first kappa shape index (κ1) is 16.2. The number of ether oxygens (including phenoxy) is 1. The van der Waals surface area contributed by atoms with E-state index in [1.54, 1.807) is 6.92 Å². The van der Waals surface area contributed by atoms with Gasteiger partial charge in [-0.3, -0.25) is 4.79 Å². The van der Waals surface area contributed by atoms with Crippen molar-refractivity contribution in [3.05, 3.63) is 0 Å². The summed E-state index contributed by atoms with van der Waals surface area (Å²) in [7, 11) is 0. The van der Waals surface area contributed by atoms with Crippen LogP contribution in [-0.4, -0.2) is 37.6 Å². The summed E-state index contributed by atoms with van der Waals surface area (Å²) in [6.45, 7) is 4.05. The van der Waals surface area contributed by atoms with Crippen molar-refractivity contribution in [1.29, 1.82) is 0 Å². The molecule has 1 atom stereocenters. The molecule has 0 saturated heterocycles. The Hall–Kier alpha value is -0.750. The minimum atomic E-state index is -2.42. The Morgan fingerprint density at radius 2 is 2.12 bits per heavy atom. The molecule has 0 aliphatic heterocycles. The normalized spacial score (nSPS) is 14.9. The van der Waals surface area contributed by atoms with Crippen LogP contribution < -0.4 is 11.1 Å². The van der Waals surface area contributed by atoms with Crippen molar-refractivity contribution in [2.45, 2.75) is 45.1 Å². The quantitative estimate of drug-likeness (QED) is 0.576. The summed E-state index contributed by atoms with van der Waals surface area (Å²) >= 11 is 0. The highest BCUT2D eigenvalue weighted by atomic mass is 19.3. The molecule has 102 valence electrons. The number of hydrogen-bond acceptors (Lipinski definition) is 3. The van der Waals surface area contributed by atoms with Gasteiger partial charge in [-0.15, -0.1) is 0 Å². The third-order valence-electron chi connectivity index (χ3n) is 2.57. The molecule has 17 heavy (non-hydrogen) atoms. The van der Waals surface area contributed by atoms with Crippen molar-refractivity contribution >= 4 is 5.91 Å². The molecule has 0 aliphatic carbocycles. The highest BCUT2D eigenvalue weighted by Gasteiger charge is 2.28. The van der Waals surface area contributed by atoms with E-state index in [9.17, 15) is 13.6 Å². The maximum Gasteiger partial charge on any atom is 0.261 e. The van der Waals surface area contributed by atoms with Gasteiger partial charge in [0.1, 0.15) is 6.61 Å². The number of nitrogens with two attached hydrogens (primary N) is 1. The van der Waals surface area contributed by atoms with E-state index in [4.69, 9.17) is 10.5 Å². The number of carbonyl (C=O) groups is 1. The molecular formula is C11H22F2N2O2. The second-order valence-corrected chi connectivity index (χ2v) is 4.15. The number of amides is 1. The highest BCUT2D eigenvalue weighted by molar-refractivity contribution is 5.84. The summed E-state index contributed by atoms with van der Waals surface area (Å²) < 4.78 is 28.2. The van der Waals surface area contributed by atoms with Crippen LogP contribution in [0.2, 0.25) is 0 Å². The predicted molar refractivity (Wildman–Crippen MR) is 62.0 cm³/mol. The second kappa shape index (κ2) is 8.36. The number of alkyl halides is 2. The molecule has 0 heterocycles. The lowest BCUT2D eigenvalue weighted by molar-refractivity contribution is -0.124. The third kappa shape index (κ3) is 7.23. The lowest BCUT2D eigenvalue weighted by Gasteiger charge is -2.26. The summed E-state index contributed by atoms with van der Waals surface area (Å²) in [6.07, 6.45) is -0.502. The van der Waals surface area contributed by atoms with Gasteiger partial charge in [0.25, 0.3) is 6.43 Å². The molecule has 0 rings (SSSR count). The average Bonchev–Trinajstić information content (AvgIpc) is 2.23. The van der Waals surface area contributed by atoms with Crippen LogP contribution in [0.25, 0.3) is 0 Å². The molecule has 0 aliphatic rings. The molecule has 0 aromatic rings. The summed E-state index contributed by atoms with van der Waals surface area (Å²) in [5, 5.41) is 3.03. The van der Waals surface area contributed by atoms with Crippen LogP contribution in [0.5, 0.6) is 0 Å². The Bertz CT molecular complexity index is 228. The number of primary amides is 1. The maximum atomic E-state index is 11.7. The lowest BCUT2D eigenvalue weighted by atomic mass is 9.94. The van der Waals surface area contributed by atoms with E-state index in [-0.39, 0.29) is 6.61 Å². The standard InChI is InChI=1S/C11H22F2N2O2/c1-3-15-11(2,10(14)16)6-4-5-7-17-8-9(12)13/h9,15H,3-8H2,1-2H3,(H2,14,16). The van der Waals surface area contributed by atoms with Gasteiger partial charge < -0.3 is 15.8 Å². The summed E-state index contributed by atoms with van der Waals surface area (Å²) in [6, 6.07) is 0. The molecule has 0 radical (unpaired) electrons. The zero-order valence-corrected chi connectivity index (χ0v) is 10.5. The van der Waals surface area contributed by atoms with E-state index in [1.807, 2.05) is 6.92 Å². The van der Waals surface area contributed by atoms with E-state index in [2.05, 4.69) is 5.32 Å². The largest absolute Gasteiger partial charge is 0.376 e. The van der Waals surface area contributed by atoms with Crippen LogP contribution in [0, 0.1) is 0 Å². The molecule has 4 nitrogen and oxygen atoms in total. The monoisotopic (exact) mass is 252 g/mol. The van der Waals surface area contributed by atoms with Crippen LogP contribution in [0.3, 0.4) is 0 Å². The SMILES string of the molecule is CCNC(C)(CCCCOCC(F)F)C(N)=O. The van der Waals surface area contributed by atoms with Crippen molar-refractivity contribution in [2.75, 3.05) is 19.8 Å². The fourth-order valence-electron chi connectivity index (χ4n) is 1.54. The number of nitrogens with one attached hydrogen (secondary N) is 1. The molecule has 1 unspecified atom stereocenters. The van der Waals surface area contributed by atoms with E-state index >= 15 is 0 Å². The van der Waals surface area contributed by atoms with Gasteiger partial charge in [0.2, 0.25) is 5.91 Å². The smallest absolute Gasteiger partial charge is 0.261 e. The van der Waals surface area contributed by atoms with Crippen LogP contribution in [0.15, 0.2) is 0 Å². The summed E-state index contributed by atoms with van der Waals surface area (Å²) in [5.74, 6) is -0.396. The molecule has 0 spiro atoms. The third-order valence-corrected chi connectivity index (χ3v) is 2.57. The van der Waals surface area contributed by atoms with Gasteiger partial charge >= 0.3 is 0 Å². The number of rotatable bonds is 10. The molecular weight excluding hydrogens is 230 g/mol. The topological polar surface area (TPSA) is 64.3 Å². The predicted octanol–water partition coefficient (Wildman–Crippen LogP) is 1.29. The Labute approximate surface area is 101 Å². The molecule has 0 aromatic carbocycles. The Kier molecular flexibility index (Phi) is 7.99. The van der Waals surface area contributed by atoms with E-state index in [0.29, 0.717) is 25.8 Å². The van der Waals surface area contributed by atoms with Gasteiger partial charge in [-0.1, -0.05) is 6.92 Å². The minimum Gasteiger partial charge on any atom is -0.376 e. The summed E-state index contributed by atoms with van der Waals surface area (Å²) in [5.41, 5.74) is 4.58. The molecule has 0 fully saturated rings. The zero-order valence-electron chi connectivity index (χ0n) is 10.5. The first-order valence-electron chi connectivity index (χ1n) is 5.83. The van der Waals surface area contributed by atoms with Crippen molar-refractivity contribution in [3.63, 3.8) is 0 Å². The van der Waals surface area contributed by atoms with Crippen LogP contribution in [-0.2, 0) is 9.53 Å². The number of halogens is 2. The van der Waals surface area contributed by atoms with Crippen LogP contribution >= 0.6 is 0 Å². The van der Waals surface area contributed by atoms with Gasteiger partial charge in [0.15, 0.2) is 0 Å². The molecule has 0 bridgehead atoms. The van der Waals surface area contributed by atoms with Gasteiger partial charge in [0.05, 0.1) is 5.54 Å². The Morgan fingerprint density at radius 3 is 2.59 bits per heavy atom. The van der Waals surface area contributed by atoms with Gasteiger partial charge in [-0.25, -0.2) is 8.78 Å². The van der Waals surface area contributed by atoms with Crippen molar-refractivity contribution in [3.8, 4) is 0 Å². The van der Waals surface area contributed by atoms with Crippen molar-refractivity contribution in [2.24, 2.45) is 5.73 Å². The van der Waals surface area contributed by atoms with Crippen LogP contribution in [0.1, 0.15) is 33.1 Å². The van der Waals surface area contributed by atoms with E-state index in [1.165, 1.54) is 0 Å².